The number of carbonyl (C=O) groups is 4. The van der Waals surface area contributed by atoms with Crippen LogP contribution in [-0.2, 0) is 41.8 Å². The summed E-state index contributed by atoms with van der Waals surface area (Å²) >= 11 is 0. The van der Waals surface area contributed by atoms with Crippen molar-refractivity contribution in [3.8, 4) is 23.7 Å². The van der Waals surface area contributed by atoms with Crippen molar-refractivity contribution in [1.29, 1.82) is 0 Å². The van der Waals surface area contributed by atoms with E-state index in [0.29, 0.717) is 56.2 Å². The van der Waals surface area contributed by atoms with Gasteiger partial charge in [0.15, 0.2) is 47.6 Å². The molecule has 8 heterocycles. The maximum Gasteiger partial charge on any atom is 0.410 e. The first-order valence-electron chi connectivity index (χ1n) is 30.0. The van der Waals surface area contributed by atoms with Gasteiger partial charge in [-0.1, -0.05) is 24.0 Å². The van der Waals surface area contributed by atoms with E-state index in [2.05, 4.69) is 64.2 Å². The number of nitrogen functional groups attached to an aromatic ring is 3. The van der Waals surface area contributed by atoms with Gasteiger partial charge in [-0.2, -0.15) is 0 Å². The van der Waals surface area contributed by atoms with Gasteiger partial charge in [-0.25, -0.2) is 39.5 Å². The number of non-ortho nitro benzene ring substituents is 1. The van der Waals surface area contributed by atoms with Crippen molar-refractivity contribution in [2.24, 2.45) is 11.8 Å². The number of nitro groups is 1. The third-order valence-electron chi connectivity index (χ3n) is 16.1. The molecule has 4 aliphatic heterocycles. The number of piperidine rings is 2. The second-order valence-corrected chi connectivity index (χ2v) is 22.9. The molecule has 13 N–H and O–H groups in total. The molecule has 6 aliphatic rings. The van der Waals surface area contributed by atoms with Gasteiger partial charge in [-0.3, -0.25) is 28.8 Å². The van der Waals surface area contributed by atoms with Crippen molar-refractivity contribution in [3.05, 3.63) is 94.1 Å². The Morgan fingerprint density at radius 2 is 1.00 bits per heavy atom. The number of nitrogens with zero attached hydrogens (tertiary/aromatic N) is 11. The third-order valence-corrected chi connectivity index (χ3v) is 16.1. The fourth-order valence-electron chi connectivity index (χ4n) is 10.6. The predicted molar refractivity (Wildman–Crippen MR) is 322 cm³/mol. The number of nitro benzene ring substituents is 1. The van der Waals surface area contributed by atoms with Gasteiger partial charge in [-0.05, 0) is 117 Å². The van der Waals surface area contributed by atoms with Crippen molar-refractivity contribution < 1.29 is 68.6 Å². The van der Waals surface area contributed by atoms with Crippen LogP contribution in [-0.4, -0.2) is 185 Å². The van der Waals surface area contributed by atoms with Crippen molar-refractivity contribution >= 4 is 69.3 Å². The molecule has 2 unspecified atom stereocenters. The molecule has 2 saturated carbocycles. The van der Waals surface area contributed by atoms with Gasteiger partial charge in [0, 0.05) is 75.5 Å². The van der Waals surface area contributed by atoms with Crippen LogP contribution in [0.2, 0.25) is 0 Å². The predicted octanol–water partition coefficient (Wildman–Crippen LogP) is 1.68. The number of carbonyl (C=O) groups excluding carboxylic acids is 4. The minimum atomic E-state index is -1.44. The van der Waals surface area contributed by atoms with Crippen molar-refractivity contribution in [3.63, 3.8) is 0 Å². The SMILES string of the molecule is CCO.Nc1ccc(COC(=O)N2CCC(CC#Cc3nc(N)c4ncn([C@@H]5O[C@H](C(=O)NC6CC6)[C@H](O)C5O)c4n3)CC2)cc1.Nc1nc(C#CCC2CCN(C(=O)OCc3ccc([N+](=O)[O-])cc3)CC2)nc2c1ncn2[C@@H]1O[C@H](C(=O)NC2CC2)[C@H](O)C1O. The molecule has 0 bridgehead atoms. The summed E-state index contributed by atoms with van der Waals surface area (Å²) in [5.74, 6) is 12.2. The quantitative estimate of drug-likeness (QED) is 0.0340. The molecule has 0 radical (unpaired) electrons. The number of rotatable bonds is 13. The highest BCUT2D eigenvalue weighted by molar-refractivity contribution is 5.85. The summed E-state index contributed by atoms with van der Waals surface area (Å²) < 4.78 is 25.2. The summed E-state index contributed by atoms with van der Waals surface area (Å²) in [6.07, 6.45) is -0.738. The molecular formula is C60H72N16O15. The fourth-order valence-corrected chi connectivity index (χ4v) is 10.6. The Morgan fingerprint density at radius 3 is 1.37 bits per heavy atom. The molecule has 31 nitrogen and oxygen atoms in total. The largest absolute Gasteiger partial charge is 0.445 e. The number of aliphatic hydroxyl groups is 5. The highest BCUT2D eigenvalue weighted by atomic mass is 16.6. The molecule has 4 amide bonds. The van der Waals surface area contributed by atoms with E-state index in [1.165, 1.54) is 33.9 Å². The van der Waals surface area contributed by atoms with Gasteiger partial charge in [-0.15, -0.1) is 0 Å². The smallest absolute Gasteiger partial charge is 0.410 e. The van der Waals surface area contributed by atoms with E-state index < -0.39 is 71.9 Å². The number of fused-ring (bicyclic) bond motifs is 2. The normalized spacial score (nSPS) is 23.1. The van der Waals surface area contributed by atoms with Crippen LogP contribution in [0, 0.1) is 45.6 Å². The molecular weight excluding hydrogens is 1180 g/mol. The molecule has 6 fully saturated rings. The molecule has 8 atom stereocenters. The average molecular weight is 1260 g/mol. The fraction of sp³-hybridized carbons (Fsp3) is 0.500. The molecule has 4 aromatic heterocycles. The number of imidazole rings is 2. The van der Waals surface area contributed by atoms with Crippen LogP contribution in [0.5, 0.6) is 0 Å². The van der Waals surface area contributed by atoms with Crippen LogP contribution >= 0.6 is 0 Å². The van der Waals surface area contributed by atoms with Gasteiger partial charge < -0.3 is 82.1 Å². The monoisotopic (exact) mass is 1260 g/mol. The van der Waals surface area contributed by atoms with Crippen LogP contribution in [0.3, 0.4) is 0 Å². The van der Waals surface area contributed by atoms with Crippen LogP contribution < -0.4 is 27.8 Å². The van der Waals surface area contributed by atoms with E-state index in [-0.39, 0.29) is 95.2 Å². The first-order chi connectivity index (χ1) is 43.8. The number of likely N-dealkylation sites (tertiary alicyclic amines) is 2. The van der Waals surface area contributed by atoms with Crippen molar-refractivity contribution in [2.75, 3.05) is 50.0 Å². The van der Waals surface area contributed by atoms with Gasteiger partial charge in [0.05, 0.1) is 17.6 Å². The van der Waals surface area contributed by atoms with Gasteiger partial charge in [0.2, 0.25) is 11.6 Å². The summed E-state index contributed by atoms with van der Waals surface area (Å²) in [6.45, 7) is 4.33. The zero-order valence-corrected chi connectivity index (χ0v) is 49.7. The van der Waals surface area contributed by atoms with E-state index in [0.717, 1.165) is 56.9 Å². The lowest BCUT2D eigenvalue weighted by atomic mass is 9.94. The zero-order valence-electron chi connectivity index (χ0n) is 49.7. The number of nitrogens with two attached hydrogens (primary N) is 3. The maximum absolute atomic E-state index is 12.5. The number of hydrogen-bond donors (Lipinski definition) is 10. The number of amides is 4. The number of ether oxygens (including phenoxy) is 4. The molecule has 6 aromatic rings. The Labute approximate surface area is 520 Å². The van der Waals surface area contributed by atoms with E-state index >= 15 is 0 Å². The Kier molecular flexibility index (Phi) is 20.7. The maximum atomic E-state index is 12.5. The van der Waals surface area contributed by atoms with E-state index in [9.17, 15) is 49.7 Å². The summed E-state index contributed by atoms with van der Waals surface area (Å²) in [4.78, 5) is 89.5. The lowest BCUT2D eigenvalue weighted by Gasteiger charge is -2.30. The lowest BCUT2D eigenvalue weighted by Crippen LogP contribution is -2.43. The first kappa shape index (κ1) is 64.6. The second kappa shape index (κ2) is 29.1. The number of aliphatic hydroxyl groups excluding tert-OH is 5. The number of hydrogen-bond acceptors (Lipinski definition) is 24. The Morgan fingerprint density at radius 1 is 0.615 bits per heavy atom. The van der Waals surface area contributed by atoms with Crippen LogP contribution in [0.15, 0.2) is 61.2 Å². The molecule has 4 saturated heterocycles. The molecule has 2 aromatic carbocycles. The number of nitrogens with one attached hydrogen (secondary N) is 2. The number of aromatic nitrogens is 8. The third kappa shape index (κ3) is 16.0. The number of anilines is 3. The van der Waals surface area contributed by atoms with Crippen LogP contribution in [0.25, 0.3) is 22.3 Å². The van der Waals surface area contributed by atoms with Crippen molar-refractivity contribution in [2.45, 2.75) is 146 Å². The Hall–Kier alpha value is -9.34. The van der Waals surface area contributed by atoms with Gasteiger partial charge >= 0.3 is 12.2 Å². The van der Waals surface area contributed by atoms with Gasteiger partial charge in [0.1, 0.15) is 48.7 Å². The minimum Gasteiger partial charge on any atom is -0.445 e. The molecule has 0 spiro atoms. The van der Waals surface area contributed by atoms with E-state index in [1.54, 1.807) is 41.0 Å². The summed E-state index contributed by atoms with van der Waals surface area (Å²) in [5, 5.41) is 66.3. The summed E-state index contributed by atoms with van der Waals surface area (Å²) in [5.41, 5.74) is 21.2. The minimum absolute atomic E-state index is 0.0252. The summed E-state index contributed by atoms with van der Waals surface area (Å²) in [7, 11) is 0. The molecule has 12 rings (SSSR count). The van der Waals surface area contributed by atoms with E-state index in [4.69, 9.17) is 41.3 Å². The molecule has 31 heteroatoms. The highest BCUT2D eigenvalue weighted by Gasteiger charge is 2.50. The molecule has 482 valence electrons. The Balaban J connectivity index is 0.000000192. The molecule has 91 heavy (non-hydrogen) atoms. The van der Waals surface area contributed by atoms with Crippen molar-refractivity contribution in [1.82, 2.24) is 59.5 Å². The average Bonchev–Trinajstić information content (AvgIpc) is 1.67. The topological polar surface area (TPSA) is 445 Å². The number of benzene rings is 2. The van der Waals surface area contributed by atoms with Crippen LogP contribution in [0.1, 0.15) is 106 Å². The second-order valence-electron chi connectivity index (χ2n) is 22.9. The van der Waals surface area contributed by atoms with Gasteiger partial charge in [0.25, 0.3) is 17.5 Å². The standard InChI is InChI=1S/C29H32N8O8.C29H34N8O6.C2H6O/c30-25-21-26(36(15-31-21)28-23(39)22(38)24(45-28)27(40)32-18-6-7-18)34-20(33-25)3-1-2-16-10-12-35(13-11-16)29(41)44-14-17-4-8-19(9-5-17)37(42)43;30-18-6-4-17(5-7-18)14-42-29(41)36-12-10-16(11-13-36)2-1-3-20-34-25(31)21-26(35-20)37(15-32-21)28-23(39)22(38)24(43-28)27(40)33-19-8-9-19;1-2-3/h4-5,8-9,15-16,18,22-24,28,38-39H,2,6-7,10-14H2,(H,32,40)(H2,30,33,34);4-7,15-16,19,22-24,28,38-39H,2,8-14,30H2,(H,33,40)(H2,31,34,35);3H,2H2,1H3/t2*22-,23?,24+,28-;/m11./s1. The van der Waals surface area contributed by atoms with E-state index in [1.807, 2.05) is 12.1 Å². The Bertz CT molecular complexity index is 3710. The van der Waals surface area contributed by atoms with Crippen LogP contribution in [0.4, 0.5) is 32.6 Å². The zero-order chi connectivity index (χ0) is 64.5. The summed E-state index contributed by atoms with van der Waals surface area (Å²) in [6, 6.07) is 13.2. The first-order valence-corrected chi connectivity index (χ1v) is 30.0. The lowest BCUT2D eigenvalue weighted by molar-refractivity contribution is -0.384. The highest BCUT2D eigenvalue weighted by Crippen LogP contribution is 2.35. The molecule has 2 aliphatic carbocycles.